The molecule has 0 fully saturated rings. The second-order valence-electron chi connectivity index (χ2n) is 6.49. The Morgan fingerprint density at radius 3 is 2.41 bits per heavy atom. The zero-order chi connectivity index (χ0) is 16.2. The second-order valence-corrected chi connectivity index (χ2v) is 7.52. The molecule has 2 rings (SSSR count). The van der Waals surface area contributed by atoms with Crippen molar-refractivity contribution < 1.29 is 4.79 Å². The molecule has 1 aromatic heterocycles. The molecule has 0 aliphatic rings. The van der Waals surface area contributed by atoms with Gasteiger partial charge < -0.3 is 10.6 Å². The molecule has 0 spiro atoms. The molecule has 2 aromatic rings. The van der Waals surface area contributed by atoms with Crippen molar-refractivity contribution in [2.75, 3.05) is 5.32 Å². The van der Waals surface area contributed by atoms with Crippen LogP contribution in [0, 0.1) is 0 Å². The van der Waals surface area contributed by atoms with E-state index in [1.165, 1.54) is 5.56 Å². The van der Waals surface area contributed by atoms with Crippen LogP contribution in [-0.4, -0.2) is 11.9 Å². The Hall–Kier alpha value is -1.81. The van der Waals surface area contributed by atoms with E-state index in [0.717, 1.165) is 10.6 Å². The molecule has 1 aromatic carbocycles. The van der Waals surface area contributed by atoms with Gasteiger partial charge in [-0.2, -0.15) is 0 Å². The number of carbonyl (C=O) groups excluding carboxylic acids is 1. The Morgan fingerprint density at radius 1 is 1.18 bits per heavy atom. The van der Waals surface area contributed by atoms with Crippen LogP contribution >= 0.6 is 11.3 Å². The van der Waals surface area contributed by atoms with Crippen molar-refractivity contribution in [1.82, 2.24) is 5.32 Å². The summed E-state index contributed by atoms with van der Waals surface area (Å²) in [5.41, 5.74) is 2.39. The Balaban J connectivity index is 1.88. The van der Waals surface area contributed by atoms with E-state index in [4.69, 9.17) is 0 Å². The maximum absolute atomic E-state index is 12.1. The fourth-order valence-electron chi connectivity index (χ4n) is 2.12. The van der Waals surface area contributed by atoms with Gasteiger partial charge in [0.2, 0.25) is 5.91 Å². The minimum Gasteiger partial charge on any atom is -0.374 e. The number of nitrogens with one attached hydrogen (secondary N) is 2. The molecule has 4 heteroatoms. The molecule has 0 radical (unpaired) electrons. The van der Waals surface area contributed by atoms with Crippen LogP contribution in [0.25, 0.3) is 0 Å². The van der Waals surface area contributed by atoms with E-state index in [9.17, 15) is 4.79 Å². The van der Waals surface area contributed by atoms with Crippen LogP contribution < -0.4 is 10.6 Å². The Kier molecular flexibility index (Phi) is 5.24. The first-order valence-electron chi connectivity index (χ1n) is 7.53. The maximum atomic E-state index is 12.1. The van der Waals surface area contributed by atoms with E-state index in [2.05, 4.69) is 43.5 Å². The van der Waals surface area contributed by atoms with Crippen molar-refractivity contribution in [3.63, 3.8) is 0 Å². The molecule has 0 saturated heterocycles. The molecule has 0 aliphatic carbocycles. The summed E-state index contributed by atoms with van der Waals surface area (Å²) in [5, 5.41) is 8.21. The predicted molar refractivity (Wildman–Crippen MR) is 94.4 cm³/mol. The quantitative estimate of drug-likeness (QED) is 0.869. The summed E-state index contributed by atoms with van der Waals surface area (Å²) in [5.74, 6) is 0.00768. The fourth-order valence-corrected chi connectivity index (χ4v) is 2.77. The normalized spacial score (nSPS) is 12.7. The fraction of sp³-hybridized carbons (Fsp3) is 0.389. The van der Waals surface area contributed by atoms with Crippen molar-refractivity contribution in [2.24, 2.45) is 0 Å². The standard InChI is InChI=1S/C18H24N2OS/c1-13(17(21)19-12-16-6-5-11-22-16)20-15-9-7-14(8-10-15)18(2,3)4/h5-11,13,20H,12H2,1-4H3,(H,19,21). The van der Waals surface area contributed by atoms with Gasteiger partial charge >= 0.3 is 0 Å². The lowest BCUT2D eigenvalue weighted by molar-refractivity contribution is -0.121. The van der Waals surface area contributed by atoms with Gasteiger partial charge in [0.1, 0.15) is 6.04 Å². The Labute approximate surface area is 136 Å². The summed E-state index contributed by atoms with van der Waals surface area (Å²) in [4.78, 5) is 13.3. The summed E-state index contributed by atoms with van der Waals surface area (Å²) >= 11 is 1.65. The highest BCUT2D eigenvalue weighted by atomic mass is 32.1. The van der Waals surface area contributed by atoms with Gasteiger partial charge in [-0.3, -0.25) is 4.79 Å². The molecular formula is C18H24N2OS. The van der Waals surface area contributed by atoms with Crippen molar-refractivity contribution in [1.29, 1.82) is 0 Å². The van der Waals surface area contributed by atoms with Gasteiger partial charge in [-0.25, -0.2) is 0 Å². The molecule has 3 nitrogen and oxygen atoms in total. The first-order valence-corrected chi connectivity index (χ1v) is 8.41. The van der Waals surface area contributed by atoms with Gasteiger partial charge in [0.25, 0.3) is 0 Å². The number of hydrogen-bond acceptors (Lipinski definition) is 3. The highest BCUT2D eigenvalue weighted by Crippen LogP contribution is 2.23. The average Bonchev–Trinajstić information content (AvgIpc) is 2.97. The van der Waals surface area contributed by atoms with E-state index in [1.807, 2.05) is 36.6 Å². The number of anilines is 1. The summed E-state index contributed by atoms with van der Waals surface area (Å²) in [7, 11) is 0. The lowest BCUT2D eigenvalue weighted by Crippen LogP contribution is -2.37. The highest BCUT2D eigenvalue weighted by Gasteiger charge is 2.15. The van der Waals surface area contributed by atoms with Gasteiger partial charge in [0.05, 0.1) is 6.54 Å². The Morgan fingerprint density at radius 2 is 1.86 bits per heavy atom. The average molecular weight is 316 g/mol. The number of carbonyl (C=O) groups is 1. The highest BCUT2D eigenvalue weighted by molar-refractivity contribution is 7.09. The molecule has 2 N–H and O–H groups in total. The first-order chi connectivity index (χ1) is 10.4. The summed E-state index contributed by atoms with van der Waals surface area (Å²) in [6.45, 7) is 9.04. The van der Waals surface area contributed by atoms with Crippen molar-refractivity contribution >= 4 is 22.9 Å². The molecule has 0 aliphatic heterocycles. The SMILES string of the molecule is CC(Nc1ccc(C(C)(C)C)cc1)C(=O)NCc1cccs1. The zero-order valence-corrected chi connectivity index (χ0v) is 14.5. The third-order valence-electron chi connectivity index (χ3n) is 3.54. The van der Waals surface area contributed by atoms with E-state index >= 15 is 0 Å². The minimum absolute atomic E-state index is 0.00768. The smallest absolute Gasteiger partial charge is 0.242 e. The monoisotopic (exact) mass is 316 g/mol. The van der Waals surface area contributed by atoms with Crippen molar-refractivity contribution in [3.8, 4) is 0 Å². The topological polar surface area (TPSA) is 41.1 Å². The van der Waals surface area contributed by atoms with Crippen LogP contribution in [0.4, 0.5) is 5.69 Å². The number of benzene rings is 1. The molecule has 1 atom stereocenters. The third-order valence-corrected chi connectivity index (χ3v) is 4.42. The van der Waals surface area contributed by atoms with Crippen LogP contribution in [0.3, 0.4) is 0 Å². The van der Waals surface area contributed by atoms with Gasteiger partial charge in [-0.1, -0.05) is 39.0 Å². The molecule has 22 heavy (non-hydrogen) atoms. The lowest BCUT2D eigenvalue weighted by atomic mass is 9.87. The summed E-state index contributed by atoms with van der Waals surface area (Å²) < 4.78 is 0. The van der Waals surface area contributed by atoms with Crippen LogP contribution in [0.5, 0.6) is 0 Å². The predicted octanol–water partition coefficient (Wildman–Crippen LogP) is 4.16. The molecule has 0 saturated carbocycles. The van der Waals surface area contributed by atoms with Crippen LogP contribution in [0.2, 0.25) is 0 Å². The molecule has 0 bridgehead atoms. The van der Waals surface area contributed by atoms with Crippen LogP contribution in [-0.2, 0) is 16.8 Å². The molecule has 1 amide bonds. The molecule has 1 unspecified atom stereocenters. The number of amides is 1. The van der Waals surface area contributed by atoms with Gasteiger partial charge in [-0.05, 0) is 41.5 Å². The Bertz CT molecular complexity index is 597. The van der Waals surface area contributed by atoms with Crippen LogP contribution in [0.15, 0.2) is 41.8 Å². The molecule has 1 heterocycles. The first kappa shape index (κ1) is 16.6. The third kappa shape index (κ3) is 4.60. The number of thiophene rings is 1. The van der Waals surface area contributed by atoms with E-state index in [-0.39, 0.29) is 17.4 Å². The van der Waals surface area contributed by atoms with Crippen molar-refractivity contribution in [3.05, 3.63) is 52.2 Å². The number of hydrogen-bond donors (Lipinski definition) is 2. The number of rotatable bonds is 5. The van der Waals surface area contributed by atoms with Crippen molar-refractivity contribution in [2.45, 2.75) is 45.7 Å². The van der Waals surface area contributed by atoms with Gasteiger partial charge in [0, 0.05) is 10.6 Å². The van der Waals surface area contributed by atoms with Gasteiger partial charge in [0.15, 0.2) is 0 Å². The second kappa shape index (κ2) is 6.97. The zero-order valence-electron chi connectivity index (χ0n) is 13.6. The van der Waals surface area contributed by atoms with Crippen LogP contribution in [0.1, 0.15) is 38.1 Å². The van der Waals surface area contributed by atoms with Gasteiger partial charge in [-0.15, -0.1) is 11.3 Å². The molecule has 118 valence electrons. The maximum Gasteiger partial charge on any atom is 0.242 e. The lowest BCUT2D eigenvalue weighted by Gasteiger charge is -2.20. The van der Waals surface area contributed by atoms with E-state index in [0.29, 0.717) is 6.54 Å². The summed E-state index contributed by atoms with van der Waals surface area (Å²) in [6, 6.07) is 12.0. The largest absolute Gasteiger partial charge is 0.374 e. The minimum atomic E-state index is -0.263. The summed E-state index contributed by atoms with van der Waals surface area (Å²) in [6.07, 6.45) is 0. The van der Waals surface area contributed by atoms with E-state index < -0.39 is 0 Å². The van der Waals surface area contributed by atoms with E-state index in [1.54, 1.807) is 11.3 Å². The molecular weight excluding hydrogens is 292 g/mol.